The van der Waals surface area contributed by atoms with Crippen LogP contribution >= 0.6 is 12.4 Å². The van der Waals surface area contributed by atoms with Crippen LogP contribution in [0.5, 0.6) is 0 Å². The number of anilines is 1. The van der Waals surface area contributed by atoms with Gasteiger partial charge in [0.1, 0.15) is 0 Å². The molecule has 138 valence electrons. The van der Waals surface area contributed by atoms with Gasteiger partial charge in [0.05, 0.1) is 13.2 Å². The second-order valence-electron chi connectivity index (χ2n) is 6.59. The first-order valence-electron chi connectivity index (χ1n) is 8.66. The van der Waals surface area contributed by atoms with E-state index in [9.17, 15) is 9.59 Å². The third-order valence-corrected chi connectivity index (χ3v) is 4.88. The Bertz CT molecular complexity index is 588. The van der Waals surface area contributed by atoms with Crippen molar-refractivity contribution >= 4 is 29.9 Å². The molecule has 3 rings (SSSR count). The zero-order valence-corrected chi connectivity index (χ0v) is 15.1. The largest absolute Gasteiger partial charge is 0.378 e. The Labute approximate surface area is 154 Å². The van der Waals surface area contributed by atoms with Crippen molar-refractivity contribution in [1.29, 1.82) is 0 Å². The summed E-state index contributed by atoms with van der Waals surface area (Å²) in [6, 6.07) is 7.22. The number of morpholine rings is 1. The SMILES string of the molecule is Cl.N[C@@H]1CCC[C@H]1CC(=O)Nc1ccc(C(=O)N2CCOCC2)cc1. The van der Waals surface area contributed by atoms with Crippen LogP contribution in [0.15, 0.2) is 24.3 Å². The summed E-state index contributed by atoms with van der Waals surface area (Å²) in [6.07, 6.45) is 3.62. The third-order valence-electron chi connectivity index (χ3n) is 4.88. The van der Waals surface area contributed by atoms with Gasteiger partial charge in [-0.05, 0) is 43.0 Å². The number of ether oxygens (including phenoxy) is 1. The molecule has 1 aromatic rings. The number of carbonyl (C=O) groups excluding carboxylic acids is 2. The van der Waals surface area contributed by atoms with Crippen molar-refractivity contribution in [1.82, 2.24) is 4.90 Å². The average molecular weight is 368 g/mol. The summed E-state index contributed by atoms with van der Waals surface area (Å²) in [7, 11) is 0. The fourth-order valence-electron chi connectivity index (χ4n) is 3.41. The molecule has 2 fully saturated rings. The zero-order valence-electron chi connectivity index (χ0n) is 14.3. The van der Waals surface area contributed by atoms with E-state index in [0.717, 1.165) is 19.3 Å². The molecule has 6 nitrogen and oxygen atoms in total. The summed E-state index contributed by atoms with van der Waals surface area (Å²) in [5, 5.41) is 2.90. The third kappa shape index (κ3) is 5.17. The van der Waals surface area contributed by atoms with Crippen molar-refractivity contribution in [3.8, 4) is 0 Å². The van der Waals surface area contributed by atoms with Crippen molar-refractivity contribution in [2.45, 2.75) is 31.7 Å². The number of nitrogens with two attached hydrogens (primary N) is 1. The van der Waals surface area contributed by atoms with Gasteiger partial charge in [0.15, 0.2) is 0 Å². The van der Waals surface area contributed by atoms with E-state index < -0.39 is 0 Å². The molecule has 0 spiro atoms. The van der Waals surface area contributed by atoms with E-state index in [1.165, 1.54) is 0 Å². The van der Waals surface area contributed by atoms with E-state index >= 15 is 0 Å². The van der Waals surface area contributed by atoms with Gasteiger partial charge < -0.3 is 20.7 Å². The summed E-state index contributed by atoms with van der Waals surface area (Å²) in [5.74, 6) is 0.282. The highest BCUT2D eigenvalue weighted by Gasteiger charge is 2.26. The number of amides is 2. The average Bonchev–Trinajstić information content (AvgIpc) is 3.00. The smallest absolute Gasteiger partial charge is 0.254 e. The lowest BCUT2D eigenvalue weighted by molar-refractivity contribution is -0.117. The van der Waals surface area contributed by atoms with Crippen molar-refractivity contribution in [2.24, 2.45) is 11.7 Å². The number of halogens is 1. The van der Waals surface area contributed by atoms with Crippen LogP contribution in [-0.2, 0) is 9.53 Å². The Morgan fingerprint density at radius 3 is 2.44 bits per heavy atom. The van der Waals surface area contributed by atoms with Crippen molar-refractivity contribution in [2.75, 3.05) is 31.6 Å². The molecule has 1 saturated heterocycles. The maximum Gasteiger partial charge on any atom is 0.254 e. The molecular weight excluding hydrogens is 342 g/mol. The lowest BCUT2D eigenvalue weighted by Crippen LogP contribution is -2.40. The summed E-state index contributed by atoms with van der Waals surface area (Å²) in [6.45, 7) is 2.42. The lowest BCUT2D eigenvalue weighted by atomic mass is 10.00. The van der Waals surface area contributed by atoms with E-state index in [1.807, 2.05) is 0 Å². The predicted molar refractivity (Wildman–Crippen MR) is 99.0 cm³/mol. The first-order valence-corrected chi connectivity index (χ1v) is 8.66. The van der Waals surface area contributed by atoms with E-state index in [4.69, 9.17) is 10.5 Å². The maximum atomic E-state index is 12.4. The number of hydrogen-bond acceptors (Lipinski definition) is 4. The number of carbonyl (C=O) groups is 2. The fraction of sp³-hybridized carbons (Fsp3) is 0.556. The van der Waals surface area contributed by atoms with Crippen LogP contribution in [0.2, 0.25) is 0 Å². The van der Waals surface area contributed by atoms with Crippen LogP contribution in [0.3, 0.4) is 0 Å². The minimum absolute atomic E-state index is 0. The fourth-order valence-corrected chi connectivity index (χ4v) is 3.41. The molecule has 1 aromatic carbocycles. The normalized spacial score (nSPS) is 23.0. The molecule has 0 aromatic heterocycles. The molecule has 0 bridgehead atoms. The lowest BCUT2D eigenvalue weighted by Gasteiger charge is -2.26. The molecule has 2 aliphatic rings. The number of hydrogen-bond donors (Lipinski definition) is 2. The van der Waals surface area contributed by atoms with Crippen LogP contribution in [0.4, 0.5) is 5.69 Å². The van der Waals surface area contributed by atoms with Gasteiger partial charge >= 0.3 is 0 Å². The monoisotopic (exact) mass is 367 g/mol. The Morgan fingerprint density at radius 1 is 1.16 bits per heavy atom. The number of nitrogens with zero attached hydrogens (tertiary/aromatic N) is 1. The van der Waals surface area contributed by atoms with Crippen LogP contribution in [0.25, 0.3) is 0 Å². The molecule has 2 amide bonds. The van der Waals surface area contributed by atoms with Crippen LogP contribution in [0, 0.1) is 5.92 Å². The second-order valence-corrected chi connectivity index (χ2v) is 6.59. The first kappa shape index (κ1) is 19.7. The van der Waals surface area contributed by atoms with Gasteiger partial charge in [0.2, 0.25) is 5.91 Å². The number of rotatable bonds is 4. The Kier molecular flexibility index (Phi) is 7.23. The minimum Gasteiger partial charge on any atom is -0.378 e. The Hall–Kier alpha value is -1.63. The molecule has 7 heteroatoms. The highest BCUT2D eigenvalue weighted by atomic mass is 35.5. The number of nitrogens with one attached hydrogen (secondary N) is 1. The van der Waals surface area contributed by atoms with Gasteiger partial charge in [-0.15, -0.1) is 12.4 Å². The van der Waals surface area contributed by atoms with Crippen LogP contribution < -0.4 is 11.1 Å². The predicted octanol–water partition coefficient (Wildman–Crippen LogP) is 2.04. The van der Waals surface area contributed by atoms with E-state index in [0.29, 0.717) is 44.0 Å². The van der Waals surface area contributed by atoms with Gasteiger partial charge in [-0.1, -0.05) is 6.42 Å². The van der Waals surface area contributed by atoms with E-state index in [2.05, 4.69) is 5.32 Å². The zero-order chi connectivity index (χ0) is 16.9. The van der Waals surface area contributed by atoms with Gasteiger partial charge in [0.25, 0.3) is 5.91 Å². The van der Waals surface area contributed by atoms with Crippen molar-refractivity contribution in [3.63, 3.8) is 0 Å². The summed E-state index contributed by atoms with van der Waals surface area (Å²) >= 11 is 0. The highest BCUT2D eigenvalue weighted by Crippen LogP contribution is 2.27. The number of benzene rings is 1. The molecule has 1 aliphatic heterocycles. The van der Waals surface area contributed by atoms with Gasteiger partial charge in [0, 0.05) is 36.8 Å². The first-order chi connectivity index (χ1) is 11.6. The Balaban J connectivity index is 0.00000225. The molecule has 1 aliphatic carbocycles. The summed E-state index contributed by atoms with van der Waals surface area (Å²) < 4.78 is 5.26. The van der Waals surface area contributed by atoms with Gasteiger partial charge in [-0.25, -0.2) is 0 Å². The molecule has 3 N–H and O–H groups in total. The van der Waals surface area contributed by atoms with E-state index in [1.54, 1.807) is 29.2 Å². The van der Waals surface area contributed by atoms with Gasteiger partial charge in [-0.2, -0.15) is 0 Å². The van der Waals surface area contributed by atoms with Crippen LogP contribution in [-0.4, -0.2) is 49.1 Å². The summed E-state index contributed by atoms with van der Waals surface area (Å²) in [5.41, 5.74) is 7.36. The second kappa shape index (κ2) is 9.17. The topological polar surface area (TPSA) is 84.7 Å². The molecule has 2 atom stereocenters. The Morgan fingerprint density at radius 2 is 1.84 bits per heavy atom. The molecular formula is C18H26ClN3O3. The molecule has 0 radical (unpaired) electrons. The maximum absolute atomic E-state index is 12.4. The van der Waals surface area contributed by atoms with Gasteiger partial charge in [-0.3, -0.25) is 9.59 Å². The summed E-state index contributed by atoms with van der Waals surface area (Å²) in [4.78, 5) is 26.3. The van der Waals surface area contributed by atoms with Crippen molar-refractivity contribution < 1.29 is 14.3 Å². The minimum atomic E-state index is -0.00962. The molecule has 1 saturated carbocycles. The highest BCUT2D eigenvalue weighted by molar-refractivity contribution is 5.96. The molecule has 0 unspecified atom stereocenters. The molecule has 25 heavy (non-hydrogen) atoms. The van der Waals surface area contributed by atoms with E-state index in [-0.39, 0.29) is 36.2 Å². The van der Waals surface area contributed by atoms with Crippen LogP contribution in [0.1, 0.15) is 36.0 Å². The quantitative estimate of drug-likeness (QED) is 0.852. The molecule has 1 heterocycles. The van der Waals surface area contributed by atoms with Crippen molar-refractivity contribution in [3.05, 3.63) is 29.8 Å². The standard InChI is InChI=1S/C18H25N3O3.ClH/c19-16-3-1-2-14(16)12-17(22)20-15-6-4-13(5-7-15)18(23)21-8-10-24-11-9-21;/h4-7,14,16H,1-3,8-12,19H2,(H,20,22);1H/t14-,16+;/m0./s1.